The number of fused-ring (bicyclic) bond motifs is 5. The van der Waals surface area contributed by atoms with Crippen molar-refractivity contribution < 1.29 is 14.4 Å². The summed E-state index contributed by atoms with van der Waals surface area (Å²) in [7, 11) is 0. The van der Waals surface area contributed by atoms with E-state index < -0.39 is 0 Å². The summed E-state index contributed by atoms with van der Waals surface area (Å²) < 4.78 is 11.1. The molecule has 3 aliphatic rings. The van der Waals surface area contributed by atoms with Crippen LogP contribution in [0.5, 0.6) is 11.5 Å². The fraction of sp³-hybridized carbons (Fsp3) is 0.333. The van der Waals surface area contributed by atoms with E-state index in [4.69, 9.17) is 9.47 Å². The molecule has 3 heterocycles. The summed E-state index contributed by atoms with van der Waals surface area (Å²) in [4.78, 5) is 1.69. The molecule has 2 unspecified atom stereocenters. The maximum absolute atomic E-state index is 5.58. The first-order valence-electron chi connectivity index (χ1n) is 7.72. The van der Waals surface area contributed by atoms with Crippen molar-refractivity contribution in [2.75, 3.05) is 13.3 Å². The fourth-order valence-corrected chi connectivity index (χ4v) is 4.09. The molecular weight excluding hydrogens is 262 g/mol. The van der Waals surface area contributed by atoms with E-state index in [2.05, 4.69) is 36.4 Å². The number of rotatable bonds is 0. The minimum absolute atomic E-state index is 0.363. The van der Waals surface area contributed by atoms with Gasteiger partial charge < -0.3 is 14.4 Å². The molecule has 0 bridgehead atoms. The van der Waals surface area contributed by atoms with Gasteiger partial charge in [0.15, 0.2) is 11.5 Å². The Kier molecular flexibility index (Phi) is 2.35. The van der Waals surface area contributed by atoms with Crippen LogP contribution in [-0.2, 0) is 19.4 Å². The topological polar surface area (TPSA) is 22.9 Å². The molecule has 2 aromatic rings. The van der Waals surface area contributed by atoms with Crippen LogP contribution in [0.1, 0.15) is 28.3 Å². The zero-order valence-electron chi connectivity index (χ0n) is 11.9. The largest absolute Gasteiger partial charge is 0.454 e. The SMILES string of the molecule is c1ccc2c(c1)CC1c3cc4c(cc3CC[NH+]1C2)OCO4. The third-order valence-corrected chi connectivity index (χ3v) is 5.18. The van der Waals surface area contributed by atoms with Crippen LogP contribution < -0.4 is 14.4 Å². The van der Waals surface area contributed by atoms with E-state index in [0.717, 1.165) is 30.9 Å². The van der Waals surface area contributed by atoms with Crippen molar-refractivity contribution in [2.24, 2.45) is 0 Å². The van der Waals surface area contributed by atoms with Crippen LogP contribution in [0.25, 0.3) is 0 Å². The molecule has 0 spiro atoms. The van der Waals surface area contributed by atoms with E-state index >= 15 is 0 Å². The van der Waals surface area contributed by atoms with Gasteiger partial charge in [0.25, 0.3) is 0 Å². The second-order valence-electron chi connectivity index (χ2n) is 6.26. The Morgan fingerprint density at radius 1 is 0.952 bits per heavy atom. The molecule has 0 radical (unpaired) electrons. The van der Waals surface area contributed by atoms with Crippen LogP contribution in [-0.4, -0.2) is 13.3 Å². The van der Waals surface area contributed by atoms with Crippen molar-refractivity contribution >= 4 is 0 Å². The Labute approximate surface area is 124 Å². The van der Waals surface area contributed by atoms with E-state index in [1.165, 1.54) is 28.8 Å². The average molecular weight is 280 g/mol. The molecule has 2 atom stereocenters. The Bertz CT molecular complexity index is 725. The number of hydrogen-bond donors (Lipinski definition) is 1. The Morgan fingerprint density at radius 3 is 2.67 bits per heavy atom. The summed E-state index contributed by atoms with van der Waals surface area (Å²) >= 11 is 0. The van der Waals surface area contributed by atoms with Crippen molar-refractivity contribution in [1.82, 2.24) is 0 Å². The van der Waals surface area contributed by atoms with Gasteiger partial charge in [0, 0.05) is 24.0 Å². The molecule has 106 valence electrons. The second-order valence-corrected chi connectivity index (χ2v) is 6.26. The van der Waals surface area contributed by atoms with Crippen molar-refractivity contribution in [3.63, 3.8) is 0 Å². The highest BCUT2D eigenvalue weighted by Crippen LogP contribution is 2.38. The van der Waals surface area contributed by atoms with Crippen molar-refractivity contribution in [3.05, 3.63) is 58.7 Å². The van der Waals surface area contributed by atoms with E-state index in [-0.39, 0.29) is 0 Å². The smallest absolute Gasteiger partial charge is 0.231 e. The first-order valence-corrected chi connectivity index (χ1v) is 7.72. The van der Waals surface area contributed by atoms with Gasteiger partial charge in [-0.25, -0.2) is 0 Å². The maximum Gasteiger partial charge on any atom is 0.231 e. The van der Waals surface area contributed by atoms with Crippen LogP contribution in [0.2, 0.25) is 0 Å². The first kappa shape index (κ1) is 11.6. The van der Waals surface area contributed by atoms with Gasteiger partial charge in [-0.1, -0.05) is 24.3 Å². The van der Waals surface area contributed by atoms with Gasteiger partial charge in [0.05, 0.1) is 6.54 Å². The lowest BCUT2D eigenvalue weighted by Gasteiger charge is -2.38. The molecule has 5 rings (SSSR count). The number of ether oxygens (including phenoxy) is 2. The van der Waals surface area contributed by atoms with Crippen molar-refractivity contribution in [2.45, 2.75) is 25.4 Å². The molecule has 2 aromatic carbocycles. The lowest BCUT2D eigenvalue weighted by Crippen LogP contribution is -3.13. The van der Waals surface area contributed by atoms with Gasteiger partial charge in [-0.05, 0) is 23.3 Å². The zero-order valence-corrected chi connectivity index (χ0v) is 11.9. The molecule has 0 saturated carbocycles. The van der Waals surface area contributed by atoms with Crippen LogP contribution in [0.15, 0.2) is 36.4 Å². The number of nitrogens with one attached hydrogen (secondary N) is 1. The molecule has 0 saturated heterocycles. The average Bonchev–Trinajstić information content (AvgIpc) is 2.98. The highest BCUT2D eigenvalue weighted by Gasteiger charge is 2.36. The van der Waals surface area contributed by atoms with E-state index in [0.29, 0.717) is 12.8 Å². The molecule has 21 heavy (non-hydrogen) atoms. The molecule has 0 aliphatic carbocycles. The van der Waals surface area contributed by atoms with E-state index in [9.17, 15) is 0 Å². The first-order chi connectivity index (χ1) is 10.4. The predicted molar refractivity (Wildman–Crippen MR) is 78.7 cm³/mol. The monoisotopic (exact) mass is 280 g/mol. The van der Waals surface area contributed by atoms with Gasteiger partial charge in [0.2, 0.25) is 6.79 Å². The Morgan fingerprint density at radius 2 is 1.76 bits per heavy atom. The van der Waals surface area contributed by atoms with Crippen LogP contribution in [0.4, 0.5) is 0 Å². The summed E-state index contributed by atoms with van der Waals surface area (Å²) in [5.74, 6) is 1.85. The van der Waals surface area contributed by atoms with Crippen LogP contribution in [0, 0.1) is 0 Å². The van der Waals surface area contributed by atoms with E-state index in [1.807, 2.05) is 0 Å². The van der Waals surface area contributed by atoms with Gasteiger partial charge in [0.1, 0.15) is 12.6 Å². The summed E-state index contributed by atoms with van der Waals surface area (Å²) in [6.07, 6.45) is 2.28. The summed E-state index contributed by atoms with van der Waals surface area (Å²) in [6.45, 7) is 2.72. The molecule has 3 nitrogen and oxygen atoms in total. The molecular formula is C18H18NO2+. The standard InChI is InChI=1S/C18H17NO2/c1-2-4-14-10-19-6-5-13-8-17-18(21-11-20-17)9-15(13)16(19)7-12(14)3-1/h1-4,8-9,16H,5-7,10-11H2/p+1. The number of benzene rings is 2. The predicted octanol–water partition coefficient (Wildman–Crippen LogP) is 1.65. The van der Waals surface area contributed by atoms with Crippen LogP contribution >= 0.6 is 0 Å². The van der Waals surface area contributed by atoms with Crippen molar-refractivity contribution in [3.8, 4) is 11.5 Å². The number of hydrogen-bond acceptors (Lipinski definition) is 2. The van der Waals surface area contributed by atoms with E-state index in [1.54, 1.807) is 4.90 Å². The lowest BCUT2D eigenvalue weighted by atomic mass is 9.84. The summed E-state index contributed by atoms with van der Waals surface area (Å²) in [5, 5.41) is 0. The molecule has 3 aliphatic heterocycles. The summed E-state index contributed by atoms with van der Waals surface area (Å²) in [6, 6.07) is 13.9. The van der Waals surface area contributed by atoms with Gasteiger partial charge in [-0.15, -0.1) is 0 Å². The normalized spacial score (nSPS) is 25.0. The minimum atomic E-state index is 0.363. The van der Waals surface area contributed by atoms with Gasteiger partial charge in [-0.3, -0.25) is 0 Å². The highest BCUT2D eigenvalue weighted by molar-refractivity contribution is 5.50. The number of quaternary nitrogens is 1. The maximum atomic E-state index is 5.58. The summed E-state index contributed by atoms with van der Waals surface area (Å²) in [5.41, 5.74) is 5.95. The van der Waals surface area contributed by atoms with Crippen LogP contribution in [0.3, 0.4) is 0 Å². The second kappa shape index (κ2) is 4.25. The molecule has 1 N–H and O–H groups in total. The molecule has 3 heteroatoms. The zero-order chi connectivity index (χ0) is 13.8. The third-order valence-electron chi connectivity index (χ3n) is 5.18. The Hall–Kier alpha value is -2.00. The quantitative estimate of drug-likeness (QED) is 0.793. The Balaban J connectivity index is 1.60. The van der Waals surface area contributed by atoms with Gasteiger partial charge >= 0.3 is 0 Å². The third kappa shape index (κ3) is 1.70. The minimum Gasteiger partial charge on any atom is -0.454 e. The lowest BCUT2D eigenvalue weighted by molar-refractivity contribution is -0.949. The molecule has 0 fully saturated rings. The molecule has 0 aromatic heterocycles. The fourth-order valence-electron chi connectivity index (χ4n) is 4.09. The van der Waals surface area contributed by atoms with Crippen molar-refractivity contribution in [1.29, 1.82) is 0 Å². The highest BCUT2D eigenvalue weighted by atomic mass is 16.7. The van der Waals surface area contributed by atoms with Gasteiger partial charge in [-0.2, -0.15) is 0 Å². The molecule has 0 amide bonds.